The zero-order valence-electron chi connectivity index (χ0n) is 46.0. The SMILES string of the molecule is CCCCCCCCCCCCCC[N+](C)(C)C.CCCCCCCCN(CCCCCCCC)CCCCCCCC.CCCC[N+](CCCC)(CCCC)CCCC.Cl.[Br-].[Cl-]. The first-order valence-corrected chi connectivity index (χ1v) is 28.5. The van der Waals surface area contributed by atoms with Gasteiger partial charge in [-0.2, -0.15) is 0 Å². The minimum atomic E-state index is 0. The summed E-state index contributed by atoms with van der Waals surface area (Å²) >= 11 is 0. The van der Waals surface area contributed by atoms with Gasteiger partial charge in [-0.3, -0.25) is 0 Å². The third-order valence-electron chi connectivity index (χ3n) is 13.1. The summed E-state index contributed by atoms with van der Waals surface area (Å²) in [6.07, 6.45) is 54.2. The first-order valence-electron chi connectivity index (χ1n) is 28.5. The van der Waals surface area contributed by atoms with Crippen LogP contribution in [0.4, 0.5) is 0 Å². The maximum atomic E-state index is 2.79. The molecule has 0 aromatic carbocycles. The molecule has 0 saturated carbocycles. The largest absolute Gasteiger partial charge is 1.00 e. The number of hydrogen-bond donors (Lipinski definition) is 0. The molecule has 0 aliphatic heterocycles. The number of unbranched alkanes of at least 4 members (excludes halogenated alkanes) is 30. The predicted molar refractivity (Wildman–Crippen MR) is 287 cm³/mol. The van der Waals surface area contributed by atoms with Crippen molar-refractivity contribution in [2.75, 3.05) is 73.5 Å². The molecule has 0 fully saturated rings. The summed E-state index contributed by atoms with van der Waals surface area (Å²) in [7, 11) is 6.87. The number of halogens is 3. The molecule has 0 aliphatic carbocycles. The molecule has 0 rings (SSSR count). The summed E-state index contributed by atoms with van der Waals surface area (Å²) in [5.74, 6) is 0. The zero-order chi connectivity index (χ0) is 45.1. The molecule has 390 valence electrons. The van der Waals surface area contributed by atoms with Gasteiger partial charge in [-0.05, 0) is 77.4 Å². The highest BCUT2D eigenvalue weighted by Crippen LogP contribution is 2.17. The van der Waals surface area contributed by atoms with Crippen molar-refractivity contribution < 1.29 is 38.4 Å². The van der Waals surface area contributed by atoms with Gasteiger partial charge in [-0.25, -0.2) is 0 Å². The second kappa shape index (κ2) is 62.9. The van der Waals surface area contributed by atoms with Crippen LogP contribution in [0.15, 0.2) is 0 Å². The van der Waals surface area contributed by atoms with Gasteiger partial charge in [-0.1, -0.05) is 242 Å². The van der Waals surface area contributed by atoms with Crippen LogP contribution < -0.4 is 29.4 Å². The molecule has 6 heteroatoms. The number of rotatable bonds is 46. The molecule has 0 radical (unpaired) electrons. The van der Waals surface area contributed by atoms with Crippen molar-refractivity contribution >= 4 is 12.4 Å². The summed E-state index contributed by atoms with van der Waals surface area (Å²) in [5, 5.41) is 0. The molecule has 0 N–H and O–H groups in total. The fourth-order valence-corrected chi connectivity index (χ4v) is 8.75. The Bertz CT molecular complexity index is 674. The predicted octanol–water partition coefficient (Wildman–Crippen LogP) is 13.2. The summed E-state index contributed by atoms with van der Waals surface area (Å²) in [4.78, 5) is 2.79. The molecule has 0 atom stereocenters. The monoisotopic (exact) mass is 1000 g/mol. The Labute approximate surface area is 426 Å². The fraction of sp³-hybridized carbons (Fsp3) is 1.00. The van der Waals surface area contributed by atoms with E-state index in [1.54, 1.807) is 0 Å². The molecule has 0 saturated heterocycles. The number of quaternary nitrogens is 2. The molecule has 0 amide bonds. The molecule has 0 heterocycles. The van der Waals surface area contributed by atoms with Crippen molar-refractivity contribution in [3.8, 4) is 0 Å². The summed E-state index contributed by atoms with van der Waals surface area (Å²) < 4.78 is 2.54. The van der Waals surface area contributed by atoms with Crippen LogP contribution >= 0.6 is 12.4 Å². The van der Waals surface area contributed by atoms with E-state index in [-0.39, 0.29) is 41.8 Å². The summed E-state index contributed by atoms with van der Waals surface area (Å²) in [5.41, 5.74) is 0. The van der Waals surface area contributed by atoms with Crippen molar-refractivity contribution in [2.24, 2.45) is 0 Å². The van der Waals surface area contributed by atoms with Gasteiger partial charge in [-0.15, -0.1) is 12.4 Å². The molecular weight excluding hydrogens is 877 g/mol. The Balaban J connectivity index is -0.000000193. The molecule has 0 aliphatic rings. The van der Waals surface area contributed by atoms with Crippen molar-refractivity contribution in [3.05, 3.63) is 0 Å². The number of nitrogens with zero attached hydrogens (tertiary/aromatic N) is 3. The first kappa shape index (κ1) is 75.5. The van der Waals surface area contributed by atoms with Gasteiger partial charge in [0.25, 0.3) is 0 Å². The molecule has 63 heavy (non-hydrogen) atoms. The van der Waals surface area contributed by atoms with E-state index in [9.17, 15) is 0 Å². The molecule has 0 spiro atoms. The van der Waals surface area contributed by atoms with Crippen LogP contribution in [0.3, 0.4) is 0 Å². The lowest BCUT2D eigenvalue weighted by Gasteiger charge is -2.39. The topological polar surface area (TPSA) is 3.24 Å². The third kappa shape index (κ3) is 65.1. The molecule has 0 aromatic rings. The average molecular weight is 1000 g/mol. The minimum Gasteiger partial charge on any atom is -1.00 e. The van der Waals surface area contributed by atoms with Crippen LogP contribution in [-0.4, -0.2) is 87.4 Å². The van der Waals surface area contributed by atoms with Crippen LogP contribution in [0.1, 0.15) is 299 Å². The third-order valence-corrected chi connectivity index (χ3v) is 13.1. The van der Waals surface area contributed by atoms with Gasteiger partial charge in [0.2, 0.25) is 0 Å². The Kier molecular flexibility index (Phi) is 75.4. The lowest BCUT2D eigenvalue weighted by molar-refractivity contribution is -0.929. The lowest BCUT2D eigenvalue weighted by atomic mass is 10.1. The smallest absolute Gasteiger partial charge is 0.0786 e. The van der Waals surface area contributed by atoms with Gasteiger partial charge in [0.1, 0.15) is 0 Å². The second-order valence-corrected chi connectivity index (χ2v) is 20.7. The van der Waals surface area contributed by atoms with E-state index >= 15 is 0 Å². The maximum absolute atomic E-state index is 2.79. The molecule has 3 nitrogen and oxygen atoms in total. The van der Waals surface area contributed by atoms with E-state index in [1.807, 2.05) is 0 Å². The Morgan fingerprint density at radius 3 is 0.651 bits per heavy atom. The van der Waals surface area contributed by atoms with Crippen molar-refractivity contribution in [1.82, 2.24) is 4.90 Å². The van der Waals surface area contributed by atoms with Crippen LogP contribution in [0, 0.1) is 0 Å². The minimum absolute atomic E-state index is 0. The van der Waals surface area contributed by atoms with E-state index < -0.39 is 0 Å². The quantitative estimate of drug-likeness (QED) is 0.0434. The normalized spacial score (nSPS) is 11.2. The van der Waals surface area contributed by atoms with E-state index in [4.69, 9.17) is 0 Å². The maximum Gasteiger partial charge on any atom is 0.0786 e. The second-order valence-electron chi connectivity index (χ2n) is 20.7. The van der Waals surface area contributed by atoms with Crippen LogP contribution in [-0.2, 0) is 0 Å². The first-order chi connectivity index (χ1) is 29.1. The zero-order valence-corrected chi connectivity index (χ0v) is 49.2. The molecule has 0 unspecified atom stereocenters. The van der Waals surface area contributed by atoms with Gasteiger partial charge in [0.15, 0.2) is 0 Å². The average Bonchev–Trinajstić information content (AvgIpc) is 3.24. The van der Waals surface area contributed by atoms with E-state index in [0.29, 0.717) is 0 Å². The van der Waals surface area contributed by atoms with Gasteiger partial charge >= 0.3 is 0 Å². The summed E-state index contributed by atoms with van der Waals surface area (Å²) in [6.45, 7) is 29.6. The Hall–Kier alpha value is 0.940. The highest BCUT2D eigenvalue weighted by atomic mass is 79.9. The van der Waals surface area contributed by atoms with Crippen molar-refractivity contribution in [2.45, 2.75) is 299 Å². The Morgan fingerprint density at radius 2 is 0.444 bits per heavy atom. The van der Waals surface area contributed by atoms with Crippen molar-refractivity contribution in [3.63, 3.8) is 0 Å². The highest BCUT2D eigenvalue weighted by molar-refractivity contribution is 5.85. The van der Waals surface area contributed by atoms with Crippen LogP contribution in [0.5, 0.6) is 0 Å². The number of hydrogen-bond acceptors (Lipinski definition) is 1. The molecular formula is C57H126BrCl2N3. The van der Waals surface area contributed by atoms with Gasteiger partial charge < -0.3 is 43.3 Å². The van der Waals surface area contributed by atoms with Gasteiger partial charge in [0, 0.05) is 0 Å². The molecule has 0 bridgehead atoms. The Morgan fingerprint density at radius 1 is 0.254 bits per heavy atom. The lowest BCUT2D eigenvalue weighted by Crippen LogP contribution is -3.00. The van der Waals surface area contributed by atoms with Crippen molar-refractivity contribution in [1.29, 1.82) is 0 Å². The molecule has 0 aromatic heterocycles. The van der Waals surface area contributed by atoms with Crippen LogP contribution in [0.2, 0.25) is 0 Å². The van der Waals surface area contributed by atoms with E-state index in [0.717, 1.165) is 4.48 Å². The fourth-order valence-electron chi connectivity index (χ4n) is 8.75. The van der Waals surface area contributed by atoms with E-state index in [1.165, 1.54) is 301 Å². The standard InChI is InChI=1S/C24H51N.C17H38N.C16H36N.BrH.2ClH/c1-4-7-10-13-16-19-22-25(23-20-17-14-11-8-5-2)24-21-18-15-12-9-6-3;1-5-6-7-8-9-10-11-12-13-14-15-16-17-18(2,3)4;1-5-9-13-17(14-10-6-2,15-11-7-3)16-12-8-4;;;/h4-24H2,1-3H3;5-17H2,1-4H3;5-16H2,1-4H3;3*1H/q;2*+1;;;/p-2. The van der Waals surface area contributed by atoms with E-state index in [2.05, 4.69) is 81.4 Å². The highest BCUT2D eigenvalue weighted by Gasteiger charge is 2.24. The van der Waals surface area contributed by atoms with Crippen LogP contribution in [0.25, 0.3) is 0 Å². The van der Waals surface area contributed by atoms with Gasteiger partial charge in [0.05, 0.1) is 53.9 Å². The summed E-state index contributed by atoms with van der Waals surface area (Å²) in [6, 6.07) is 0.